The summed E-state index contributed by atoms with van der Waals surface area (Å²) in [7, 11) is 0. The van der Waals surface area contributed by atoms with Crippen molar-refractivity contribution in [2.24, 2.45) is 0 Å². The molecule has 94 valence electrons. The summed E-state index contributed by atoms with van der Waals surface area (Å²) in [6.45, 7) is 7.41. The quantitative estimate of drug-likeness (QED) is 0.809. The Bertz CT molecular complexity index is 410. The number of hydrogen-bond acceptors (Lipinski definition) is 2. The molecule has 0 aromatic heterocycles. The van der Waals surface area contributed by atoms with Crippen LogP contribution < -0.4 is 5.32 Å². The average molecular weight is 256 g/mol. The minimum absolute atomic E-state index is 0.426. The fourth-order valence-corrected chi connectivity index (χ4v) is 1.67. The van der Waals surface area contributed by atoms with Gasteiger partial charge in [-0.1, -0.05) is 12.1 Å². The Kier molecular flexibility index (Phi) is 4.40. The van der Waals surface area contributed by atoms with Gasteiger partial charge in [0.25, 0.3) is 0 Å². The van der Waals surface area contributed by atoms with Crippen LogP contribution in [0.1, 0.15) is 31.9 Å². The highest BCUT2D eigenvalue weighted by Gasteiger charge is 2.16. The monoisotopic (exact) mass is 255 g/mol. The van der Waals surface area contributed by atoms with Crippen molar-refractivity contribution in [3.63, 3.8) is 0 Å². The highest BCUT2D eigenvalue weighted by molar-refractivity contribution is 6.17. The first-order valence-corrected chi connectivity index (χ1v) is 6.01. The lowest BCUT2D eigenvalue weighted by Gasteiger charge is -2.20. The van der Waals surface area contributed by atoms with Gasteiger partial charge in [-0.25, -0.2) is 4.79 Å². The van der Waals surface area contributed by atoms with E-state index in [-0.39, 0.29) is 0 Å². The first-order valence-electron chi connectivity index (χ1n) is 5.48. The van der Waals surface area contributed by atoms with E-state index in [2.05, 4.69) is 5.32 Å². The number of nitrogens with one attached hydrogen (secondary N) is 1. The molecule has 1 aromatic carbocycles. The molecule has 17 heavy (non-hydrogen) atoms. The van der Waals surface area contributed by atoms with Gasteiger partial charge in [-0.05, 0) is 44.9 Å². The number of ether oxygens (including phenoxy) is 1. The van der Waals surface area contributed by atoms with Crippen molar-refractivity contribution in [2.75, 3.05) is 5.32 Å². The second kappa shape index (κ2) is 5.41. The van der Waals surface area contributed by atoms with E-state index in [1.807, 2.05) is 45.9 Å². The minimum Gasteiger partial charge on any atom is -0.444 e. The molecule has 0 atom stereocenters. The van der Waals surface area contributed by atoms with Crippen molar-refractivity contribution in [3.8, 4) is 0 Å². The number of halogens is 1. The van der Waals surface area contributed by atoms with Crippen molar-refractivity contribution in [2.45, 2.75) is 39.2 Å². The number of anilines is 1. The highest BCUT2D eigenvalue weighted by Crippen LogP contribution is 2.21. The van der Waals surface area contributed by atoms with Crippen molar-refractivity contribution in [1.29, 1.82) is 0 Å². The van der Waals surface area contributed by atoms with Gasteiger partial charge in [0.05, 0.1) is 0 Å². The second-order valence-electron chi connectivity index (χ2n) is 4.85. The number of carbonyl (C=O) groups is 1. The molecule has 1 N–H and O–H groups in total. The van der Waals surface area contributed by atoms with E-state index >= 15 is 0 Å². The van der Waals surface area contributed by atoms with E-state index in [9.17, 15) is 4.79 Å². The molecular formula is C13H18ClNO2. The molecule has 0 unspecified atom stereocenters. The van der Waals surface area contributed by atoms with Crippen LogP contribution in [0.3, 0.4) is 0 Å². The van der Waals surface area contributed by atoms with Crippen LogP contribution in [0, 0.1) is 6.92 Å². The Morgan fingerprint density at radius 2 is 2.06 bits per heavy atom. The second-order valence-corrected chi connectivity index (χ2v) is 5.12. The Morgan fingerprint density at radius 1 is 1.41 bits per heavy atom. The van der Waals surface area contributed by atoms with E-state index in [0.29, 0.717) is 5.88 Å². The molecule has 0 heterocycles. The van der Waals surface area contributed by atoms with Crippen molar-refractivity contribution >= 4 is 23.4 Å². The maximum Gasteiger partial charge on any atom is 0.412 e. The number of carbonyl (C=O) groups excluding carboxylic acids is 1. The summed E-state index contributed by atoms with van der Waals surface area (Å²) in [4.78, 5) is 11.6. The summed E-state index contributed by atoms with van der Waals surface area (Å²) in [5.41, 5.74) is 2.20. The third kappa shape index (κ3) is 4.27. The van der Waals surface area contributed by atoms with Gasteiger partial charge in [0, 0.05) is 11.6 Å². The first-order chi connectivity index (χ1) is 7.83. The summed E-state index contributed by atoms with van der Waals surface area (Å²) in [5, 5.41) is 2.72. The molecule has 1 aromatic rings. The molecule has 0 aliphatic carbocycles. The molecule has 0 bridgehead atoms. The SMILES string of the molecule is Cc1c(CCl)cccc1NC(=O)OC(C)(C)C. The molecule has 1 rings (SSSR count). The molecule has 0 aliphatic heterocycles. The molecule has 3 nitrogen and oxygen atoms in total. The fourth-order valence-electron chi connectivity index (χ4n) is 1.38. The molecule has 0 aliphatic rings. The third-order valence-electron chi connectivity index (χ3n) is 2.23. The van der Waals surface area contributed by atoms with Gasteiger partial charge in [-0.3, -0.25) is 5.32 Å². The molecule has 0 radical (unpaired) electrons. The number of hydrogen-bond donors (Lipinski definition) is 1. The van der Waals surface area contributed by atoms with E-state index in [1.54, 1.807) is 0 Å². The number of rotatable bonds is 2. The predicted molar refractivity (Wildman–Crippen MR) is 70.6 cm³/mol. The average Bonchev–Trinajstić information content (AvgIpc) is 2.18. The predicted octanol–water partition coefficient (Wildman–Crippen LogP) is 4.08. The van der Waals surface area contributed by atoms with E-state index in [1.165, 1.54) is 0 Å². The molecule has 0 spiro atoms. The molecule has 0 saturated heterocycles. The molecule has 4 heteroatoms. The largest absolute Gasteiger partial charge is 0.444 e. The zero-order chi connectivity index (χ0) is 13.1. The summed E-state index contributed by atoms with van der Waals surface area (Å²) < 4.78 is 5.19. The van der Waals surface area contributed by atoms with Crippen molar-refractivity contribution in [3.05, 3.63) is 29.3 Å². The number of alkyl halides is 1. The van der Waals surface area contributed by atoms with Crippen LogP contribution in [0.2, 0.25) is 0 Å². The Labute approximate surface area is 107 Å². The Hall–Kier alpha value is -1.22. The zero-order valence-electron chi connectivity index (χ0n) is 10.6. The minimum atomic E-state index is -0.498. The van der Waals surface area contributed by atoms with Gasteiger partial charge in [-0.2, -0.15) is 0 Å². The lowest BCUT2D eigenvalue weighted by molar-refractivity contribution is 0.0636. The molecule has 0 saturated carbocycles. The van der Waals surface area contributed by atoms with E-state index in [0.717, 1.165) is 16.8 Å². The fraction of sp³-hybridized carbons (Fsp3) is 0.462. The van der Waals surface area contributed by atoms with Crippen molar-refractivity contribution < 1.29 is 9.53 Å². The Balaban J connectivity index is 2.79. The highest BCUT2D eigenvalue weighted by atomic mass is 35.5. The van der Waals surface area contributed by atoms with Gasteiger partial charge in [0.15, 0.2) is 0 Å². The van der Waals surface area contributed by atoms with Crippen LogP contribution in [0.15, 0.2) is 18.2 Å². The third-order valence-corrected chi connectivity index (χ3v) is 2.51. The summed E-state index contributed by atoms with van der Waals surface area (Å²) in [6.07, 6.45) is -0.452. The van der Waals surface area contributed by atoms with Gasteiger partial charge < -0.3 is 4.74 Å². The van der Waals surface area contributed by atoms with Crippen molar-refractivity contribution in [1.82, 2.24) is 0 Å². The normalized spacial score (nSPS) is 11.1. The van der Waals surface area contributed by atoms with Crippen LogP contribution in [0.25, 0.3) is 0 Å². The van der Waals surface area contributed by atoms with Gasteiger partial charge in [0.2, 0.25) is 0 Å². The number of amides is 1. The maximum absolute atomic E-state index is 11.6. The van der Waals surface area contributed by atoms with E-state index in [4.69, 9.17) is 16.3 Å². The van der Waals surface area contributed by atoms with Crippen LogP contribution >= 0.6 is 11.6 Å². The smallest absolute Gasteiger partial charge is 0.412 e. The molecule has 0 fully saturated rings. The summed E-state index contributed by atoms with van der Waals surface area (Å²) >= 11 is 5.80. The lowest BCUT2D eigenvalue weighted by Crippen LogP contribution is -2.27. The van der Waals surface area contributed by atoms with Gasteiger partial charge in [0.1, 0.15) is 5.60 Å². The van der Waals surface area contributed by atoms with Gasteiger partial charge >= 0.3 is 6.09 Å². The van der Waals surface area contributed by atoms with Crippen LogP contribution in [0.4, 0.5) is 10.5 Å². The van der Waals surface area contributed by atoms with Crippen LogP contribution in [-0.2, 0) is 10.6 Å². The van der Waals surface area contributed by atoms with E-state index < -0.39 is 11.7 Å². The zero-order valence-corrected chi connectivity index (χ0v) is 11.4. The molecular weight excluding hydrogens is 238 g/mol. The van der Waals surface area contributed by atoms with Gasteiger partial charge in [-0.15, -0.1) is 11.6 Å². The summed E-state index contributed by atoms with van der Waals surface area (Å²) in [5.74, 6) is 0.426. The lowest BCUT2D eigenvalue weighted by atomic mass is 10.1. The standard InChI is InChI=1S/C13H18ClNO2/c1-9-10(8-14)6-5-7-11(9)15-12(16)17-13(2,3)4/h5-7H,8H2,1-4H3,(H,15,16). The van der Waals surface area contributed by atoms with Crippen LogP contribution in [-0.4, -0.2) is 11.7 Å². The summed E-state index contributed by atoms with van der Waals surface area (Å²) in [6, 6.07) is 5.62. The number of benzene rings is 1. The Morgan fingerprint density at radius 3 is 2.59 bits per heavy atom. The first kappa shape index (κ1) is 13.8. The molecule has 1 amide bonds. The topological polar surface area (TPSA) is 38.3 Å². The maximum atomic E-state index is 11.6. The van der Waals surface area contributed by atoms with Crippen LogP contribution in [0.5, 0.6) is 0 Å².